The van der Waals surface area contributed by atoms with Gasteiger partial charge in [-0.15, -0.1) is 11.8 Å². The van der Waals surface area contributed by atoms with E-state index in [0.29, 0.717) is 28.2 Å². The van der Waals surface area contributed by atoms with Crippen LogP contribution < -0.4 is 4.74 Å². The number of aromatic carboxylic acids is 1. The Morgan fingerprint density at radius 1 is 1.29 bits per heavy atom. The highest BCUT2D eigenvalue weighted by Crippen LogP contribution is 2.27. The van der Waals surface area contributed by atoms with Gasteiger partial charge in [0.15, 0.2) is 0 Å². The SMILES string of the molecule is O=C(O)c1ccc(SCCOc2ccc(Cl)cc2Cl)nc1. The molecule has 0 atom stereocenters. The molecule has 0 bridgehead atoms. The van der Waals surface area contributed by atoms with Crippen LogP contribution in [0.4, 0.5) is 0 Å². The fourth-order valence-electron chi connectivity index (χ4n) is 1.48. The zero-order chi connectivity index (χ0) is 15.2. The average Bonchev–Trinajstić information content (AvgIpc) is 2.46. The zero-order valence-electron chi connectivity index (χ0n) is 10.8. The molecule has 1 N–H and O–H groups in total. The molecular weight excluding hydrogens is 333 g/mol. The highest BCUT2D eigenvalue weighted by molar-refractivity contribution is 7.99. The van der Waals surface area contributed by atoms with E-state index >= 15 is 0 Å². The minimum absolute atomic E-state index is 0.170. The van der Waals surface area contributed by atoms with Gasteiger partial charge < -0.3 is 9.84 Å². The van der Waals surface area contributed by atoms with Gasteiger partial charge in [0.25, 0.3) is 0 Å². The maximum atomic E-state index is 10.7. The molecule has 1 heterocycles. The predicted octanol–water partition coefficient (Wildman–Crippen LogP) is 4.26. The summed E-state index contributed by atoms with van der Waals surface area (Å²) in [5.74, 6) is 0.258. The lowest BCUT2D eigenvalue weighted by Gasteiger charge is -2.07. The van der Waals surface area contributed by atoms with Gasteiger partial charge in [0.05, 0.1) is 22.2 Å². The second-order valence-corrected chi connectivity index (χ2v) is 5.92. The number of nitrogens with zero attached hydrogens (tertiary/aromatic N) is 1. The molecule has 0 radical (unpaired) electrons. The van der Waals surface area contributed by atoms with Crippen LogP contribution in [0.25, 0.3) is 0 Å². The van der Waals surface area contributed by atoms with E-state index in [4.69, 9.17) is 33.0 Å². The Morgan fingerprint density at radius 2 is 2.10 bits per heavy atom. The highest BCUT2D eigenvalue weighted by Gasteiger charge is 2.04. The second kappa shape index (κ2) is 7.54. The van der Waals surface area contributed by atoms with E-state index in [1.165, 1.54) is 24.0 Å². The van der Waals surface area contributed by atoms with Crippen molar-refractivity contribution < 1.29 is 14.6 Å². The molecule has 0 saturated carbocycles. The first-order chi connectivity index (χ1) is 10.1. The molecule has 7 heteroatoms. The number of rotatable bonds is 6. The van der Waals surface area contributed by atoms with Gasteiger partial charge in [-0.2, -0.15) is 0 Å². The van der Waals surface area contributed by atoms with E-state index in [9.17, 15) is 4.79 Å². The van der Waals surface area contributed by atoms with Gasteiger partial charge in [0.1, 0.15) is 5.75 Å². The monoisotopic (exact) mass is 343 g/mol. The largest absolute Gasteiger partial charge is 0.491 e. The van der Waals surface area contributed by atoms with Crippen LogP contribution >= 0.6 is 35.0 Å². The van der Waals surface area contributed by atoms with Gasteiger partial charge in [-0.1, -0.05) is 23.2 Å². The molecule has 0 unspecified atom stereocenters. The van der Waals surface area contributed by atoms with E-state index in [2.05, 4.69) is 4.98 Å². The van der Waals surface area contributed by atoms with E-state index in [0.717, 1.165) is 5.03 Å². The van der Waals surface area contributed by atoms with Crippen molar-refractivity contribution in [2.24, 2.45) is 0 Å². The molecule has 0 amide bonds. The van der Waals surface area contributed by atoms with Crippen LogP contribution in [-0.2, 0) is 0 Å². The zero-order valence-corrected chi connectivity index (χ0v) is 13.1. The number of thioether (sulfide) groups is 1. The number of pyridine rings is 1. The van der Waals surface area contributed by atoms with Gasteiger partial charge in [-0.25, -0.2) is 9.78 Å². The number of halogens is 2. The fraction of sp³-hybridized carbons (Fsp3) is 0.143. The van der Waals surface area contributed by atoms with Gasteiger partial charge >= 0.3 is 5.97 Å². The summed E-state index contributed by atoms with van der Waals surface area (Å²) >= 11 is 13.3. The van der Waals surface area contributed by atoms with Gasteiger partial charge in [-0.3, -0.25) is 0 Å². The van der Waals surface area contributed by atoms with Crippen molar-refractivity contribution in [1.82, 2.24) is 4.98 Å². The lowest BCUT2D eigenvalue weighted by Crippen LogP contribution is -2.01. The second-order valence-electron chi connectivity index (χ2n) is 3.96. The number of carbonyl (C=O) groups is 1. The van der Waals surface area contributed by atoms with Gasteiger partial charge in [0, 0.05) is 17.0 Å². The smallest absolute Gasteiger partial charge is 0.337 e. The van der Waals surface area contributed by atoms with Gasteiger partial charge in [-0.05, 0) is 30.3 Å². The summed E-state index contributed by atoms with van der Waals surface area (Å²) in [4.78, 5) is 14.8. The molecule has 0 saturated heterocycles. The summed E-state index contributed by atoms with van der Waals surface area (Å²) in [7, 11) is 0. The van der Waals surface area contributed by atoms with Crippen molar-refractivity contribution >= 4 is 40.9 Å². The summed E-state index contributed by atoms with van der Waals surface area (Å²) < 4.78 is 5.54. The summed E-state index contributed by atoms with van der Waals surface area (Å²) in [6, 6.07) is 8.24. The molecule has 0 aliphatic carbocycles. The van der Waals surface area contributed by atoms with Crippen LogP contribution in [0.1, 0.15) is 10.4 Å². The van der Waals surface area contributed by atoms with Crippen molar-refractivity contribution in [3.05, 3.63) is 52.1 Å². The number of benzene rings is 1. The summed E-state index contributed by atoms with van der Waals surface area (Å²) in [6.45, 7) is 0.453. The third-order valence-electron chi connectivity index (χ3n) is 2.47. The van der Waals surface area contributed by atoms with Crippen LogP contribution in [0.2, 0.25) is 10.0 Å². The van der Waals surface area contributed by atoms with E-state index in [1.54, 1.807) is 24.3 Å². The Bertz CT molecular complexity index is 635. The highest BCUT2D eigenvalue weighted by atomic mass is 35.5. The standard InChI is InChI=1S/C14H11Cl2NO3S/c15-10-2-3-12(11(16)7-10)20-5-6-21-13-4-1-9(8-17-13)14(18)19/h1-4,7-8H,5-6H2,(H,18,19). The Kier molecular flexibility index (Phi) is 5.73. The third-order valence-corrected chi connectivity index (χ3v) is 3.91. The number of hydrogen-bond donors (Lipinski definition) is 1. The van der Waals surface area contributed by atoms with Crippen molar-refractivity contribution in [1.29, 1.82) is 0 Å². The maximum Gasteiger partial charge on any atom is 0.337 e. The van der Waals surface area contributed by atoms with Crippen LogP contribution in [0, 0.1) is 0 Å². The molecule has 4 nitrogen and oxygen atoms in total. The normalized spacial score (nSPS) is 10.4. The lowest BCUT2D eigenvalue weighted by atomic mass is 10.3. The maximum absolute atomic E-state index is 10.7. The van der Waals surface area contributed by atoms with E-state index in [-0.39, 0.29) is 5.56 Å². The molecule has 2 aromatic rings. The number of hydrogen-bond acceptors (Lipinski definition) is 4. The molecular formula is C14H11Cl2NO3S. The first kappa shape index (κ1) is 15.9. The van der Waals surface area contributed by atoms with Crippen molar-refractivity contribution in [3.8, 4) is 5.75 Å². The molecule has 0 fully saturated rings. The molecule has 1 aromatic heterocycles. The Morgan fingerprint density at radius 3 is 2.71 bits per heavy atom. The van der Waals surface area contributed by atoms with Gasteiger partial charge in [0.2, 0.25) is 0 Å². The van der Waals surface area contributed by atoms with Crippen molar-refractivity contribution in [2.75, 3.05) is 12.4 Å². The molecule has 21 heavy (non-hydrogen) atoms. The van der Waals surface area contributed by atoms with Crippen LogP contribution in [0.5, 0.6) is 5.75 Å². The first-order valence-electron chi connectivity index (χ1n) is 5.96. The lowest BCUT2D eigenvalue weighted by molar-refractivity contribution is 0.0696. The molecule has 2 rings (SSSR count). The molecule has 1 aromatic carbocycles. The molecule has 0 aliphatic heterocycles. The Hall–Kier alpha value is -1.43. The van der Waals surface area contributed by atoms with E-state index in [1.807, 2.05) is 0 Å². The Balaban J connectivity index is 1.80. The number of ether oxygens (including phenoxy) is 1. The average molecular weight is 344 g/mol. The van der Waals surface area contributed by atoms with Crippen LogP contribution in [0.3, 0.4) is 0 Å². The quantitative estimate of drug-likeness (QED) is 0.627. The minimum Gasteiger partial charge on any atom is -0.491 e. The van der Waals surface area contributed by atoms with Crippen LogP contribution in [0.15, 0.2) is 41.6 Å². The van der Waals surface area contributed by atoms with Crippen LogP contribution in [-0.4, -0.2) is 28.4 Å². The number of carboxylic acids is 1. The van der Waals surface area contributed by atoms with E-state index < -0.39 is 5.97 Å². The number of carboxylic acid groups (broad SMARTS) is 1. The predicted molar refractivity (Wildman–Crippen MR) is 83.9 cm³/mol. The fourth-order valence-corrected chi connectivity index (χ4v) is 2.61. The topological polar surface area (TPSA) is 59.4 Å². The Labute approximate surface area is 136 Å². The van der Waals surface area contributed by atoms with Crippen molar-refractivity contribution in [3.63, 3.8) is 0 Å². The first-order valence-corrected chi connectivity index (χ1v) is 7.70. The molecule has 110 valence electrons. The minimum atomic E-state index is -0.986. The van der Waals surface area contributed by atoms with Crippen molar-refractivity contribution in [2.45, 2.75) is 5.03 Å². The summed E-state index contributed by atoms with van der Waals surface area (Å²) in [5, 5.41) is 10.5. The molecule has 0 spiro atoms. The number of aromatic nitrogens is 1. The third kappa shape index (κ3) is 4.81. The molecule has 0 aliphatic rings. The summed E-state index contributed by atoms with van der Waals surface area (Å²) in [5.41, 5.74) is 0.170. The summed E-state index contributed by atoms with van der Waals surface area (Å²) in [6.07, 6.45) is 1.33.